The number of alkyl halides is 1. The second-order valence-corrected chi connectivity index (χ2v) is 3.97. The van der Waals surface area contributed by atoms with Gasteiger partial charge in [-0.15, -0.1) is 0 Å². The van der Waals surface area contributed by atoms with Crippen LogP contribution in [0.1, 0.15) is 6.42 Å². The Morgan fingerprint density at radius 2 is 2.19 bits per heavy atom. The molecule has 0 fully saturated rings. The standard InChI is InChI=1S/C10H8Cl2FN3/c11-8-5-9(16-10(12)15-8)14-7-3-1-6(13)2-4-7/h1,3-6H,2H2,(H,14,15,16). The molecule has 1 unspecified atom stereocenters. The summed E-state index contributed by atoms with van der Waals surface area (Å²) >= 11 is 11.4. The SMILES string of the molecule is FC1C=CC(Nc2cc(Cl)nc(Cl)n2)=CC1. The van der Waals surface area contributed by atoms with Crippen LogP contribution in [0.5, 0.6) is 0 Å². The van der Waals surface area contributed by atoms with Crippen molar-refractivity contribution in [2.45, 2.75) is 12.6 Å². The molecule has 1 atom stereocenters. The molecule has 0 saturated heterocycles. The lowest BCUT2D eigenvalue weighted by Crippen LogP contribution is -2.06. The van der Waals surface area contributed by atoms with E-state index in [9.17, 15) is 4.39 Å². The molecule has 6 heteroatoms. The predicted octanol–water partition coefficient (Wildman–Crippen LogP) is 3.38. The fourth-order valence-corrected chi connectivity index (χ4v) is 1.70. The van der Waals surface area contributed by atoms with E-state index in [-0.39, 0.29) is 10.4 Å². The minimum atomic E-state index is -0.914. The van der Waals surface area contributed by atoms with Gasteiger partial charge in [-0.25, -0.2) is 14.4 Å². The predicted molar refractivity (Wildman–Crippen MR) is 62.4 cm³/mol. The van der Waals surface area contributed by atoms with Crippen LogP contribution in [0.4, 0.5) is 10.2 Å². The van der Waals surface area contributed by atoms with Crippen molar-refractivity contribution in [1.29, 1.82) is 0 Å². The summed E-state index contributed by atoms with van der Waals surface area (Å²) in [7, 11) is 0. The van der Waals surface area contributed by atoms with Crippen LogP contribution in [-0.4, -0.2) is 16.1 Å². The number of halogens is 3. The van der Waals surface area contributed by atoms with Crippen molar-refractivity contribution in [3.05, 3.63) is 40.4 Å². The molecule has 0 radical (unpaired) electrons. The molecule has 0 saturated carbocycles. The molecule has 1 aliphatic carbocycles. The highest BCUT2D eigenvalue weighted by Crippen LogP contribution is 2.18. The molecule has 0 aliphatic heterocycles. The summed E-state index contributed by atoms with van der Waals surface area (Å²) in [4.78, 5) is 7.66. The van der Waals surface area contributed by atoms with Gasteiger partial charge in [0.05, 0.1) is 0 Å². The van der Waals surface area contributed by atoms with Crippen LogP contribution in [0.2, 0.25) is 10.4 Å². The van der Waals surface area contributed by atoms with Crippen molar-refractivity contribution in [3.63, 3.8) is 0 Å². The van der Waals surface area contributed by atoms with Gasteiger partial charge in [-0.2, -0.15) is 0 Å². The number of allylic oxidation sites excluding steroid dienone is 3. The average molecular weight is 260 g/mol. The van der Waals surface area contributed by atoms with Gasteiger partial charge in [-0.3, -0.25) is 0 Å². The lowest BCUT2D eigenvalue weighted by Gasteiger charge is -2.11. The quantitative estimate of drug-likeness (QED) is 0.654. The van der Waals surface area contributed by atoms with E-state index in [1.54, 1.807) is 18.2 Å². The maximum absolute atomic E-state index is 12.8. The maximum atomic E-state index is 12.8. The lowest BCUT2D eigenvalue weighted by molar-refractivity contribution is 0.401. The maximum Gasteiger partial charge on any atom is 0.225 e. The van der Waals surface area contributed by atoms with Crippen molar-refractivity contribution in [1.82, 2.24) is 9.97 Å². The summed E-state index contributed by atoms with van der Waals surface area (Å²) < 4.78 is 12.8. The first-order valence-corrected chi connectivity index (χ1v) is 5.38. The third kappa shape index (κ3) is 2.93. The number of hydrogen-bond donors (Lipinski definition) is 1. The smallest absolute Gasteiger partial charge is 0.225 e. The van der Waals surface area contributed by atoms with Crippen LogP contribution in [0.3, 0.4) is 0 Å². The van der Waals surface area contributed by atoms with E-state index in [1.165, 1.54) is 6.08 Å². The van der Waals surface area contributed by atoms with Crippen molar-refractivity contribution in [3.8, 4) is 0 Å². The molecular weight excluding hydrogens is 252 g/mol. The average Bonchev–Trinajstić information content (AvgIpc) is 2.20. The minimum absolute atomic E-state index is 0.0683. The molecule has 1 aliphatic rings. The topological polar surface area (TPSA) is 37.8 Å². The summed E-state index contributed by atoms with van der Waals surface area (Å²) in [5, 5.41) is 3.29. The molecule has 0 amide bonds. The van der Waals surface area contributed by atoms with Gasteiger partial charge < -0.3 is 5.32 Å². The summed E-state index contributed by atoms with van der Waals surface area (Å²) in [6.07, 6.45) is 4.31. The number of rotatable bonds is 2. The molecule has 16 heavy (non-hydrogen) atoms. The van der Waals surface area contributed by atoms with Crippen LogP contribution < -0.4 is 5.32 Å². The second kappa shape index (κ2) is 4.80. The normalized spacial score (nSPS) is 19.4. The second-order valence-electron chi connectivity index (χ2n) is 3.24. The van der Waals surface area contributed by atoms with Gasteiger partial charge in [0.25, 0.3) is 0 Å². The summed E-state index contributed by atoms with van der Waals surface area (Å²) in [5.41, 5.74) is 0.764. The molecule has 2 rings (SSSR count). The van der Waals surface area contributed by atoms with E-state index in [2.05, 4.69) is 15.3 Å². The van der Waals surface area contributed by atoms with Gasteiger partial charge in [-0.05, 0) is 23.8 Å². The van der Waals surface area contributed by atoms with Crippen LogP contribution in [0.15, 0.2) is 30.0 Å². The minimum Gasteiger partial charge on any atom is -0.340 e. The third-order valence-corrected chi connectivity index (χ3v) is 2.35. The Morgan fingerprint density at radius 1 is 1.38 bits per heavy atom. The molecule has 1 N–H and O–H groups in total. The van der Waals surface area contributed by atoms with Crippen molar-refractivity contribution in [2.24, 2.45) is 0 Å². The molecule has 84 valence electrons. The highest BCUT2D eigenvalue weighted by atomic mass is 35.5. The first-order valence-electron chi connectivity index (χ1n) is 4.63. The Balaban J connectivity index is 2.13. The van der Waals surface area contributed by atoms with Crippen LogP contribution in [0, 0.1) is 0 Å². The molecular formula is C10H8Cl2FN3. The Bertz CT molecular complexity index is 439. The first kappa shape index (κ1) is 11.4. The van der Waals surface area contributed by atoms with Crippen molar-refractivity contribution in [2.75, 3.05) is 5.32 Å². The van der Waals surface area contributed by atoms with Crippen LogP contribution >= 0.6 is 23.2 Å². The first-order chi connectivity index (χ1) is 7.63. The van der Waals surface area contributed by atoms with Crippen LogP contribution in [-0.2, 0) is 0 Å². The van der Waals surface area contributed by atoms with Crippen molar-refractivity contribution >= 4 is 29.0 Å². The zero-order chi connectivity index (χ0) is 11.5. The Hall–Kier alpha value is -1.13. The molecule has 1 aromatic rings. The summed E-state index contributed by atoms with van der Waals surface area (Å²) in [6.45, 7) is 0. The van der Waals surface area contributed by atoms with Gasteiger partial charge in [-0.1, -0.05) is 17.7 Å². The highest BCUT2D eigenvalue weighted by molar-refractivity contribution is 6.32. The van der Waals surface area contributed by atoms with Gasteiger partial charge in [0.2, 0.25) is 5.28 Å². The fourth-order valence-electron chi connectivity index (χ4n) is 1.29. The van der Waals surface area contributed by atoms with E-state index in [1.807, 2.05) is 0 Å². The van der Waals surface area contributed by atoms with E-state index in [0.717, 1.165) is 5.70 Å². The molecule has 0 bridgehead atoms. The zero-order valence-corrected chi connectivity index (χ0v) is 9.63. The Labute approximate surface area is 102 Å². The highest BCUT2D eigenvalue weighted by Gasteiger charge is 2.07. The number of hydrogen-bond acceptors (Lipinski definition) is 3. The Morgan fingerprint density at radius 3 is 2.81 bits per heavy atom. The fraction of sp³-hybridized carbons (Fsp3) is 0.200. The number of nitrogens with one attached hydrogen (secondary N) is 1. The van der Waals surface area contributed by atoms with Crippen LogP contribution in [0.25, 0.3) is 0 Å². The van der Waals surface area contributed by atoms with E-state index in [4.69, 9.17) is 23.2 Å². The number of nitrogens with zero attached hydrogens (tertiary/aromatic N) is 2. The third-order valence-electron chi connectivity index (χ3n) is 1.99. The zero-order valence-electron chi connectivity index (χ0n) is 8.12. The molecule has 0 aromatic carbocycles. The summed E-state index contributed by atoms with van der Waals surface area (Å²) in [6, 6.07) is 1.55. The molecule has 1 heterocycles. The number of anilines is 1. The van der Waals surface area contributed by atoms with Gasteiger partial charge >= 0.3 is 0 Å². The summed E-state index contributed by atoms with van der Waals surface area (Å²) in [5.74, 6) is 0.484. The molecule has 1 aromatic heterocycles. The molecule has 3 nitrogen and oxygen atoms in total. The Kier molecular flexibility index (Phi) is 3.41. The lowest BCUT2D eigenvalue weighted by atomic mass is 10.1. The van der Waals surface area contributed by atoms with Gasteiger partial charge in [0, 0.05) is 18.2 Å². The largest absolute Gasteiger partial charge is 0.340 e. The monoisotopic (exact) mass is 259 g/mol. The van der Waals surface area contributed by atoms with Gasteiger partial charge in [0.1, 0.15) is 17.1 Å². The van der Waals surface area contributed by atoms with E-state index < -0.39 is 6.17 Å². The number of aromatic nitrogens is 2. The van der Waals surface area contributed by atoms with E-state index >= 15 is 0 Å². The molecule has 0 spiro atoms. The van der Waals surface area contributed by atoms with E-state index in [0.29, 0.717) is 12.2 Å². The van der Waals surface area contributed by atoms with Gasteiger partial charge in [0.15, 0.2) is 0 Å². The van der Waals surface area contributed by atoms with Crippen molar-refractivity contribution < 1.29 is 4.39 Å².